The topological polar surface area (TPSA) is 76.7 Å². The molecular weight excluding hydrogens is 524 g/mol. The molecule has 0 radical (unpaired) electrons. The van der Waals surface area contributed by atoms with E-state index in [9.17, 15) is 31.9 Å². The maximum absolute atomic E-state index is 14.8. The molecule has 2 heterocycles. The van der Waals surface area contributed by atoms with Crippen LogP contribution < -0.4 is 11.2 Å². The van der Waals surface area contributed by atoms with Crippen LogP contribution in [0.3, 0.4) is 0 Å². The maximum atomic E-state index is 14.8. The molecule has 2 aromatic carbocycles. The first-order valence-electron chi connectivity index (χ1n) is 10.3. The van der Waals surface area contributed by atoms with E-state index in [0.717, 1.165) is 42.1 Å². The number of aromatic nitrogens is 2. The average molecular weight is 541 g/mol. The van der Waals surface area contributed by atoms with E-state index in [1.807, 2.05) is 31.2 Å². The molecule has 1 amide bonds. The Hall–Kier alpha value is -3.38. The lowest BCUT2D eigenvalue weighted by Gasteiger charge is -2.18. The van der Waals surface area contributed by atoms with Gasteiger partial charge in [0.05, 0.1) is 28.7 Å². The van der Waals surface area contributed by atoms with E-state index in [4.69, 9.17) is 11.6 Å². The highest BCUT2D eigenvalue weighted by Gasteiger charge is 2.35. The summed E-state index contributed by atoms with van der Waals surface area (Å²) in [6.45, 7) is 2.12. The van der Waals surface area contributed by atoms with Crippen LogP contribution in [0.5, 0.6) is 0 Å². The number of aliphatic imine (C=N–C) groups is 1. The molecule has 13 heteroatoms. The predicted octanol–water partition coefficient (Wildman–Crippen LogP) is 4.42. The van der Waals surface area contributed by atoms with Crippen molar-refractivity contribution in [2.45, 2.75) is 19.6 Å². The van der Waals surface area contributed by atoms with E-state index in [1.54, 1.807) is 0 Å². The fourth-order valence-corrected chi connectivity index (χ4v) is 4.69. The van der Waals surface area contributed by atoms with Crippen molar-refractivity contribution >= 4 is 40.1 Å². The van der Waals surface area contributed by atoms with Gasteiger partial charge in [-0.3, -0.25) is 19.1 Å². The molecule has 1 saturated heterocycles. The summed E-state index contributed by atoms with van der Waals surface area (Å²) >= 11 is 7.27. The van der Waals surface area contributed by atoms with Gasteiger partial charge >= 0.3 is 11.9 Å². The summed E-state index contributed by atoms with van der Waals surface area (Å²) in [6.07, 6.45) is -4.96. The van der Waals surface area contributed by atoms with E-state index in [2.05, 4.69) is 4.99 Å². The molecule has 0 aliphatic carbocycles. The van der Waals surface area contributed by atoms with Crippen LogP contribution in [0.15, 0.2) is 57.0 Å². The Labute approximate surface area is 210 Å². The monoisotopic (exact) mass is 540 g/mol. The van der Waals surface area contributed by atoms with Gasteiger partial charge in [-0.25, -0.2) is 18.7 Å². The van der Waals surface area contributed by atoms with Gasteiger partial charge in [0.1, 0.15) is 11.5 Å². The summed E-state index contributed by atoms with van der Waals surface area (Å²) in [7, 11) is 0.820. The summed E-state index contributed by atoms with van der Waals surface area (Å²) in [5.41, 5.74) is -3.12. The predicted molar refractivity (Wildman–Crippen MR) is 129 cm³/mol. The quantitative estimate of drug-likeness (QED) is 0.459. The fourth-order valence-electron chi connectivity index (χ4n) is 3.60. The van der Waals surface area contributed by atoms with Gasteiger partial charge in [0, 0.05) is 13.1 Å². The summed E-state index contributed by atoms with van der Waals surface area (Å²) in [5, 5.41) is 0.0757. The van der Waals surface area contributed by atoms with Crippen LogP contribution in [-0.4, -0.2) is 30.9 Å². The Morgan fingerprint density at radius 3 is 2.47 bits per heavy atom. The Morgan fingerprint density at radius 2 is 1.81 bits per heavy atom. The van der Waals surface area contributed by atoms with Crippen LogP contribution in [-0.2, 0) is 24.6 Å². The minimum Gasteiger partial charge on any atom is -0.292 e. The molecule has 188 valence electrons. The van der Waals surface area contributed by atoms with Crippen molar-refractivity contribution in [1.29, 1.82) is 0 Å². The molecule has 3 aromatic rings. The van der Waals surface area contributed by atoms with Gasteiger partial charge in [-0.2, -0.15) is 13.2 Å². The lowest BCUT2D eigenvalue weighted by Crippen LogP contribution is -2.41. The number of carbonyl (C=O) groups is 1. The normalized spacial score (nSPS) is 15.2. The van der Waals surface area contributed by atoms with Crippen LogP contribution in [0.25, 0.3) is 5.69 Å². The number of amidine groups is 1. The van der Waals surface area contributed by atoms with Gasteiger partial charge in [-0.05, 0) is 30.2 Å². The molecule has 0 atom stereocenters. The van der Waals surface area contributed by atoms with E-state index in [-0.39, 0.29) is 49.3 Å². The minimum atomic E-state index is -4.96. The number of nitrogens with zero attached hydrogens (tertiary/aromatic N) is 4. The molecule has 4 rings (SSSR count). The zero-order valence-corrected chi connectivity index (χ0v) is 20.3. The summed E-state index contributed by atoms with van der Waals surface area (Å²) in [6, 6.07) is 9.43. The number of benzene rings is 2. The fraction of sp³-hybridized carbons (Fsp3) is 0.217. The second-order valence-electron chi connectivity index (χ2n) is 7.89. The zero-order chi connectivity index (χ0) is 26.4. The van der Waals surface area contributed by atoms with Crippen molar-refractivity contribution < 1.29 is 22.4 Å². The zero-order valence-electron chi connectivity index (χ0n) is 18.8. The number of rotatable bonds is 4. The Balaban J connectivity index is 1.81. The molecule has 36 heavy (non-hydrogen) atoms. The van der Waals surface area contributed by atoms with Crippen LogP contribution in [0.4, 0.5) is 23.2 Å². The van der Waals surface area contributed by atoms with Crippen molar-refractivity contribution in [1.82, 2.24) is 14.0 Å². The number of carbonyl (C=O) groups excluding carboxylic acids is 1. The van der Waals surface area contributed by atoms with Crippen molar-refractivity contribution in [3.05, 3.63) is 91.0 Å². The molecule has 0 bridgehead atoms. The molecule has 1 aromatic heterocycles. The van der Waals surface area contributed by atoms with Crippen LogP contribution in [0.2, 0.25) is 5.02 Å². The van der Waals surface area contributed by atoms with Crippen molar-refractivity contribution in [2.75, 3.05) is 5.75 Å². The summed E-state index contributed by atoms with van der Waals surface area (Å²) in [5.74, 6) is -1.22. The van der Waals surface area contributed by atoms with E-state index >= 15 is 0 Å². The summed E-state index contributed by atoms with van der Waals surface area (Å²) < 4.78 is 54.8. The highest BCUT2D eigenvalue weighted by atomic mass is 35.5. The van der Waals surface area contributed by atoms with Crippen LogP contribution in [0, 0.1) is 12.7 Å². The van der Waals surface area contributed by atoms with Gasteiger partial charge in [0.25, 0.3) is 5.56 Å². The second-order valence-corrected chi connectivity index (χ2v) is 9.24. The third-order valence-corrected chi connectivity index (χ3v) is 6.79. The highest BCUT2D eigenvalue weighted by molar-refractivity contribution is 8.15. The lowest BCUT2D eigenvalue weighted by atomic mass is 10.1. The molecular formula is C23H17ClF4N4O3S. The SMILES string of the molecule is Cc1ccccc1CN1C(=O)CSC1=Nc1cc(-n2c(=O)cc(C(F)(F)F)n(C)c2=O)c(F)cc1Cl. The first-order chi connectivity index (χ1) is 16.9. The molecule has 1 aliphatic heterocycles. The van der Waals surface area contributed by atoms with Gasteiger partial charge in [-0.1, -0.05) is 47.6 Å². The lowest BCUT2D eigenvalue weighted by molar-refractivity contribution is -0.144. The number of thioether (sulfide) groups is 1. The Kier molecular flexibility index (Phi) is 6.84. The first kappa shape index (κ1) is 25.7. The Bertz CT molecular complexity index is 1530. The Morgan fingerprint density at radius 1 is 1.11 bits per heavy atom. The minimum absolute atomic E-state index is 0.0751. The van der Waals surface area contributed by atoms with Gasteiger partial charge in [0.15, 0.2) is 5.17 Å². The number of hydrogen-bond acceptors (Lipinski definition) is 5. The van der Waals surface area contributed by atoms with Crippen LogP contribution >= 0.6 is 23.4 Å². The number of alkyl halides is 3. The second kappa shape index (κ2) is 9.58. The third-order valence-electron chi connectivity index (χ3n) is 5.53. The number of halogens is 5. The van der Waals surface area contributed by atoms with E-state index in [0.29, 0.717) is 0 Å². The van der Waals surface area contributed by atoms with Crippen molar-refractivity contribution in [3.8, 4) is 5.69 Å². The molecule has 0 unspecified atom stereocenters. The molecule has 0 N–H and O–H groups in total. The van der Waals surface area contributed by atoms with Gasteiger partial charge in [-0.15, -0.1) is 0 Å². The largest absolute Gasteiger partial charge is 0.431 e. The van der Waals surface area contributed by atoms with Crippen molar-refractivity contribution in [2.24, 2.45) is 12.0 Å². The van der Waals surface area contributed by atoms with E-state index < -0.39 is 34.6 Å². The number of hydrogen-bond donors (Lipinski definition) is 0. The molecule has 7 nitrogen and oxygen atoms in total. The molecule has 0 spiro atoms. The first-order valence-corrected chi connectivity index (χ1v) is 11.7. The number of aryl methyl sites for hydroxylation is 1. The molecule has 1 fully saturated rings. The van der Waals surface area contributed by atoms with Crippen molar-refractivity contribution in [3.63, 3.8) is 0 Å². The standard InChI is InChI=1S/C23H17ClF4N4O3S/c1-12-5-3-4-6-13(12)10-31-20(34)11-36-21(31)29-16-8-17(15(25)7-14(16)24)32-19(33)9-18(23(26,27)28)30(2)22(32)35/h3-9H,10-11H2,1-2H3. The van der Waals surface area contributed by atoms with Gasteiger partial charge in [0.2, 0.25) is 5.91 Å². The van der Waals surface area contributed by atoms with E-state index in [1.165, 1.54) is 4.90 Å². The maximum Gasteiger partial charge on any atom is 0.431 e. The number of amides is 1. The molecule has 0 saturated carbocycles. The smallest absolute Gasteiger partial charge is 0.292 e. The van der Waals surface area contributed by atoms with Crippen LogP contribution in [0.1, 0.15) is 16.8 Å². The molecule has 1 aliphatic rings. The van der Waals surface area contributed by atoms with Gasteiger partial charge < -0.3 is 0 Å². The average Bonchev–Trinajstić information content (AvgIpc) is 3.13. The summed E-state index contributed by atoms with van der Waals surface area (Å²) in [4.78, 5) is 43.4. The third kappa shape index (κ3) is 4.82. The highest BCUT2D eigenvalue weighted by Crippen LogP contribution is 2.33.